The first-order chi connectivity index (χ1) is 8.75. The molecule has 18 heavy (non-hydrogen) atoms. The largest absolute Gasteiger partial charge is 0.479 e. The highest BCUT2D eigenvalue weighted by Crippen LogP contribution is 2.57. The molecule has 0 aliphatic carbocycles. The molecule has 0 bridgehead atoms. The fourth-order valence-corrected chi connectivity index (χ4v) is 2.27. The number of aliphatic carboxylic acids is 1. The molecule has 2 atom stereocenters. The molecule has 1 N–H and O–H groups in total. The molecule has 1 aliphatic heterocycles. The monoisotopic (exact) mass is 240 g/mol. The van der Waals surface area contributed by atoms with Crippen molar-refractivity contribution in [1.82, 2.24) is 0 Å². The van der Waals surface area contributed by atoms with E-state index < -0.39 is 17.7 Å². The maximum Gasteiger partial charge on any atom is 0.343 e. The maximum atomic E-state index is 11.5. The number of carboxylic acids is 1. The summed E-state index contributed by atoms with van der Waals surface area (Å²) in [7, 11) is 0. The van der Waals surface area contributed by atoms with E-state index in [-0.39, 0.29) is 0 Å². The fourth-order valence-electron chi connectivity index (χ4n) is 2.27. The Bertz CT molecular complexity index is 565. The summed E-state index contributed by atoms with van der Waals surface area (Å²) in [4.78, 5) is 11.5. The Kier molecular flexibility index (Phi) is 2.42. The normalized spacial score (nSPS) is 25.7. The minimum Gasteiger partial charge on any atom is -0.479 e. The van der Waals surface area contributed by atoms with Crippen LogP contribution in [0.25, 0.3) is 0 Å². The third kappa shape index (κ3) is 1.52. The van der Waals surface area contributed by atoms with Crippen LogP contribution in [0.1, 0.15) is 17.2 Å². The minimum absolute atomic E-state index is 0.404. The molecule has 1 aliphatic rings. The number of benzene rings is 2. The molecule has 0 radical (unpaired) electrons. The van der Waals surface area contributed by atoms with Crippen molar-refractivity contribution in [1.29, 1.82) is 0 Å². The Labute approximate surface area is 105 Å². The summed E-state index contributed by atoms with van der Waals surface area (Å²) in [5, 5.41) is 9.46. The van der Waals surface area contributed by atoms with Crippen molar-refractivity contribution in [2.45, 2.75) is 11.7 Å². The second kappa shape index (κ2) is 3.96. The lowest BCUT2D eigenvalue weighted by atomic mass is 9.92. The van der Waals surface area contributed by atoms with Gasteiger partial charge in [0.25, 0.3) is 0 Å². The molecule has 3 heteroatoms. The lowest BCUT2D eigenvalue weighted by Gasteiger charge is -2.07. The van der Waals surface area contributed by atoms with Crippen molar-refractivity contribution in [2.24, 2.45) is 0 Å². The number of rotatable bonds is 3. The third-order valence-corrected chi connectivity index (χ3v) is 3.24. The van der Waals surface area contributed by atoms with Crippen LogP contribution in [0, 0.1) is 0 Å². The second-order valence-electron chi connectivity index (χ2n) is 4.32. The molecule has 0 spiro atoms. The number of ether oxygens (including phenoxy) is 1. The summed E-state index contributed by atoms with van der Waals surface area (Å²) in [6, 6.07) is 18.5. The van der Waals surface area contributed by atoms with E-state index in [4.69, 9.17) is 4.74 Å². The van der Waals surface area contributed by atoms with Gasteiger partial charge in [0.15, 0.2) is 0 Å². The average Bonchev–Trinajstić information content (AvgIpc) is 3.18. The fraction of sp³-hybridized carbons (Fsp3) is 0.133. The smallest absolute Gasteiger partial charge is 0.343 e. The number of carbonyl (C=O) groups is 1. The van der Waals surface area contributed by atoms with Crippen LogP contribution in [0.4, 0.5) is 0 Å². The molecule has 90 valence electrons. The first-order valence-corrected chi connectivity index (χ1v) is 5.77. The summed E-state index contributed by atoms with van der Waals surface area (Å²) >= 11 is 0. The molecule has 0 saturated carbocycles. The first-order valence-electron chi connectivity index (χ1n) is 5.77. The molecule has 1 heterocycles. The van der Waals surface area contributed by atoms with Gasteiger partial charge in [-0.2, -0.15) is 0 Å². The molecule has 3 nitrogen and oxygen atoms in total. The lowest BCUT2D eigenvalue weighted by Crippen LogP contribution is -2.22. The zero-order valence-corrected chi connectivity index (χ0v) is 9.61. The van der Waals surface area contributed by atoms with Gasteiger partial charge >= 0.3 is 5.97 Å². The highest BCUT2D eigenvalue weighted by molar-refractivity contribution is 5.84. The van der Waals surface area contributed by atoms with Gasteiger partial charge in [0.2, 0.25) is 5.60 Å². The molecule has 2 aromatic rings. The lowest BCUT2D eigenvalue weighted by molar-refractivity contribution is -0.143. The van der Waals surface area contributed by atoms with Gasteiger partial charge in [-0.05, 0) is 11.1 Å². The predicted molar refractivity (Wildman–Crippen MR) is 66.0 cm³/mol. The Morgan fingerprint density at radius 2 is 1.56 bits per heavy atom. The Hall–Kier alpha value is -2.13. The van der Waals surface area contributed by atoms with Crippen molar-refractivity contribution in [2.75, 3.05) is 0 Å². The van der Waals surface area contributed by atoms with Gasteiger partial charge in [-0.25, -0.2) is 4.79 Å². The van der Waals surface area contributed by atoms with E-state index in [1.807, 2.05) is 48.5 Å². The highest BCUT2D eigenvalue weighted by atomic mass is 16.6. The Balaban J connectivity index is 2.01. The van der Waals surface area contributed by atoms with E-state index in [1.165, 1.54) is 0 Å². The van der Waals surface area contributed by atoms with Crippen LogP contribution >= 0.6 is 0 Å². The number of hydrogen-bond acceptors (Lipinski definition) is 2. The zero-order valence-electron chi connectivity index (χ0n) is 9.61. The molecule has 3 rings (SSSR count). The van der Waals surface area contributed by atoms with Crippen molar-refractivity contribution in [3.63, 3.8) is 0 Å². The number of carboxylic acid groups (broad SMARTS) is 1. The van der Waals surface area contributed by atoms with Crippen LogP contribution in [0.5, 0.6) is 0 Å². The van der Waals surface area contributed by atoms with Crippen LogP contribution in [-0.4, -0.2) is 11.1 Å². The molecular formula is C15H12O3. The first kappa shape index (κ1) is 11.0. The van der Waals surface area contributed by atoms with Gasteiger partial charge in [-0.3, -0.25) is 0 Å². The van der Waals surface area contributed by atoms with Crippen LogP contribution < -0.4 is 0 Å². The summed E-state index contributed by atoms with van der Waals surface area (Å²) in [5.74, 6) is -0.942. The van der Waals surface area contributed by atoms with E-state index in [2.05, 4.69) is 0 Å². The number of hydrogen-bond donors (Lipinski definition) is 1. The van der Waals surface area contributed by atoms with E-state index in [1.54, 1.807) is 12.1 Å². The summed E-state index contributed by atoms with van der Waals surface area (Å²) in [5.41, 5.74) is 0.359. The molecule has 0 amide bonds. The summed E-state index contributed by atoms with van der Waals surface area (Å²) in [6.07, 6.45) is -0.404. The minimum atomic E-state index is -1.22. The van der Waals surface area contributed by atoms with E-state index in [9.17, 15) is 9.90 Å². The van der Waals surface area contributed by atoms with Gasteiger partial charge in [-0.1, -0.05) is 60.7 Å². The molecule has 2 aromatic carbocycles. The van der Waals surface area contributed by atoms with Crippen LogP contribution in [0.3, 0.4) is 0 Å². The summed E-state index contributed by atoms with van der Waals surface area (Å²) < 4.78 is 5.54. The molecule has 1 fully saturated rings. The average molecular weight is 240 g/mol. The Morgan fingerprint density at radius 1 is 1.00 bits per heavy atom. The van der Waals surface area contributed by atoms with Crippen molar-refractivity contribution < 1.29 is 14.6 Å². The molecule has 1 saturated heterocycles. The van der Waals surface area contributed by atoms with Gasteiger partial charge in [0.1, 0.15) is 6.10 Å². The molecular weight excluding hydrogens is 228 g/mol. The van der Waals surface area contributed by atoms with E-state index >= 15 is 0 Å². The standard InChI is InChI=1S/C15H12O3/c16-14(17)15(12-9-5-2-6-10-12)13(18-15)11-7-3-1-4-8-11/h1-10,13H,(H,16,17)/t13-,15+/m1/s1. The van der Waals surface area contributed by atoms with Crippen LogP contribution in [-0.2, 0) is 15.1 Å². The topological polar surface area (TPSA) is 49.8 Å². The molecule has 0 unspecified atom stereocenters. The predicted octanol–water partition coefficient (Wildman–Crippen LogP) is 2.74. The molecule has 0 aromatic heterocycles. The van der Waals surface area contributed by atoms with Gasteiger partial charge in [-0.15, -0.1) is 0 Å². The number of epoxide rings is 1. The SMILES string of the molecule is O=C(O)[C@@]1(c2ccccc2)O[C@@H]1c1ccccc1. The second-order valence-corrected chi connectivity index (χ2v) is 4.32. The van der Waals surface area contributed by atoms with E-state index in [0.717, 1.165) is 5.56 Å². The van der Waals surface area contributed by atoms with Gasteiger partial charge < -0.3 is 9.84 Å². The highest BCUT2D eigenvalue weighted by Gasteiger charge is 2.65. The Morgan fingerprint density at radius 3 is 2.11 bits per heavy atom. The van der Waals surface area contributed by atoms with Crippen molar-refractivity contribution in [3.8, 4) is 0 Å². The quantitative estimate of drug-likeness (QED) is 0.839. The zero-order chi connectivity index (χ0) is 12.6. The van der Waals surface area contributed by atoms with Crippen LogP contribution in [0.2, 0.25) is 0 Å². The third-order valence-electron chi connectivity index (χ3n) is 3.24. The van der Waals surface area contributed by atoms with Crippen molar-refractivity contribution >= 4 is 5.97 Å². The maximum absolute atomic E-state index is 11.5. The van der Waals surface area contributed by atoms with E-state index in [0.29, 0.717) is 5.56 Å². The van der Waals surface area contributed by atoms with Crippen molar-refractivity contribution in [3.05, 3.63) is 71.8 Å². The summed E-state index contributed by atoms with van der Waals surface area (Å²) in [6.45, 7) is 0. The van der Waals surface area contributed by atoms with Crippen LogP contribution in [0.15, 0.2) is 60.7 Å². The van der Waals surface area contributed by atoms with Gasteiger partial charge in [0, 0.05) is 0 Å². The van der Waals surface area contributed by atoms with Gasteiger partial charge in [0.05, 0.1) is 0 Å².